The van der Waals surface area contributed by atoms with Crippen molar-refractivity contribution in [1.82, 2.24) is 10.3 Å². The molecule has 0 saturated carbocycles. The molecule has 136 valence electrons. The van der Waals surface area contributed by atoms with Crippen LogP contribution in [-0.4, -0.2) is 38.8 Å². The number of aromatic nitrogens is 1. The smallest absolute Gasteiger partial charge is 0.267 e. The molecule has 2 N–H and O–H groups in total. The Morgan fingerprint density at radius 3 is 2.62 bits per heavy atom. The van der Waals surface area contributed by atoms with Gasteiger partial charge in [0.25, 0.3) is 5.91 Å². The lowest BCUT2D eigenvalue weighted by Crippen LogP contribution is -2.29. The van der Waals surface area contributed by atoms with Crippen molar-refractivity contribution >= 4 is 16.8 Å². The predicted molar refractivity (Wildman–Crippen MR) is 99.9 cm³/mol. The summed E-state index contributed by atoms with van der Waals surface area (Å²) in [4.78, 5) is 15.6. The number of methoxy groups -OCH3 is 3. The highest BCUT2D eigenvalue weighted by molar-refractivity contribution is 5.98. The topological polar surface area (TPSA) is 72.6 Å². The van der Waals surface area contributed by atoms with E-state index in [2.05, 4.69) is 10.3 Å². The van der Waals surface area contributed by atoms with Gasteiger partial charge in [0.05, 0.1) is 14.2 Å². The van der Waals surface area contributed by atoms with Crippen LogP contribution < -0.4 is 14.8 Å². The minimum atomic E-state index is -0.306. The van der Waals surface area contributed by atoms with Crippen molar-refractivity contribution in [3.8, 4) is 11.5 Å². The van der Waals surface area contributed by atoms with Crippen LogP contribution in [0.25, 0.3) is 10.9 Å². The number of H-pyrrole nitrogens is 1. The molecule has 26 heavy (non-hydrogen) atoms. The lowest BCUT2D eigenvalue weighted by atomic mass is 10.1. The first-order chi connectivity index (χ1) is 12.7. The van der Waals surface area contributed by atoms with E-state index in [4.69, 9.17) is 14.2 Å². The van der Waals surface area contributed by atoms with Crippen LogP contribution in [0.3, 0.4) is 0 Å². The van der Waals surface area contributed by atoms with Crippen LogP contribution in [-0.2, 0) is 4.74 Å². The summed E-state index contributed by atoms with van der Waals surface area (Å²) in [5.74, 6) is 1.27. The molecule has 0 aliphatic rings. The molecule has 0 fully saturated rings. The number of hydrogen-bond donors (Lipinski definition) is 2. The molecule has 0 radical (unpaired) electrons. The van der Waals surface area contributed by atoms with Gasteiger partial charge in [-0.1, -0.05) is 18.2 Å². The number of nitrogens with one attached hydrogen (secondary N) is 2. The van der Waals surface area contributed by atoms with Crippen LogP contribution >= 0.6 is 0 Å². The first-order valence-corrected chi connectivity index (χ1v) is 8.27. The van der Waals surface area contributed by atoms with Crippen LogP contribution in [0.1, 0.15) is 22.2 Å². The quantitative estimate of drug-likeness (QED) is 0.683. The van der Waals surface area contributed by atoms with Crippen LogP contribution in [0.15, 0.2) is 48.5 Å². The number of carbonyl (C=O) groups excluding carboxylic acids is 1. The molecule has 0 spiro atoms. The third kappa shape index (κ3) is 3.65. The molecule has 0 unspecified atom stereocenters. The van der Waals surface area contributed by atoms with Crippen molar-refractivity contribution < 1.29 is 19.0 Å². The van der Waals surface area contributed by atoms with Crippen molar-refractivity contribution in [2.75, 3.05) is 27.9 Å². The monoisotopic (exact) mass is 354 g/mol. The minimum absolute atomic E-state index is 0.197. The third-order valence-electron chi connectivity index (χ3n) is 4.29. The second-order valence-corrected chi connectivity index (χ2v) is 5.81. The highest BCUT2D eigenvalue weighted by Gasteiger charge is 2.17. The average molecular weight is 354 g/mol. The Hall–Kier alpha value is -2.99. The largest absolute Gasteiger partial charge is 0.497 e. The lowest BCUT2D eigenvalue weighted by molar-refractivity contribution is 0.0816. The van der Waals surface area contributed by atoms with Gasteiger partial charge >= 0.3 is 0 Å². The molecule has 2 aromatic carbocycles. The van der Waals surface area contributed by atoms with Crippen LogP contribution in [0.2, 0.25) is 0 Å². The molecule has 3 aromatic rings. The SMILES string of the molecule is COc1ccc2cc(C(=O)NC[C@@H](OC)c3ccccc3OC)[nH]c2c1. The highest BCUT2D eigenvalue weighted by atomic mass is 16.5. The van der Waals surface area contributed by atoms with Crippen molar-refractivity contribution in [3.63, 3.8) is 0 Å². The van der Waals surface area contributed by atoms with Gasteiger partial charge in [-0.05, 0) is 24.3 Å². The number of para-hydroxylation sites is 1. The fourth-order valence-corrected chi connectivity index (χ4v) is 2.89. The van der Waals surface area contributed by atoms with Gasteiger partial charge in [-0.15, -0.1) is 0 Å². The fraction of sp³-hybridized carbons (Fsp3) is 0.250. The zero-order valence-corrected chi connectivity index (χ0v) is 15.0. The summed E-state index contributed by atoms with van der Waals surface area (Å²) in [5, 5.41) is 3.86. The van der Waals surface area contributed by atoms with Crippen molar-refractivity contribution in [3.05, 3.63) is 59.8 Å². The Kier molecular flexibility index (Phi) is 5.43. The number of ether oxygens (including phenoxy) is 3. The number of aromatic amines is 1. The highest BCUT2D eigenvalue weighted by Crippen LogP contribution is 2.26. The van der Waals surface area contributed by atoms with E-state index in [1.165, 1.54) is 0 Å². The van der Waals surface area contributed by atoms with Gasteiger partial charge < -0.3 is 24.5 Å². The predicted octanol–water partition coefficient (Wildman–Crippen LogP) is 3.30. The van der Waals surface area contributed by atoms with Gasteiger partial charge in [0.1, 0.15) is 23.3 Å². The maximum Gasteiger partial charge on any atom is 0.267 e. The Morgan fingerprint density at radius 1 is 1.08 bits per heavy atom. The van der Waals surface area contributed by atoms with E-state index < -0.39 is 0 Å². The van der Waals surface area contributed by atoms with E-state index in [-0.39, 0.29) is 12.0 Å². The Balaban J connectivity index is 1.73. The Bertz CT molecular complexity index is 904. The van der Waals surface area contributed by atoms with Crippen LogP contribution in [0, 0.1) is 0 Å². The van der Waals surface area contributed by atoms with Crippen LogP contribution in [0.4, 0.5) is 0 Å². The van der Waals surface area contributed by atoms with Crippen LogP contribution in [0.5, 0.6) is 11.5 Å². The molecule has 0 bridgehead atoms. The summed E-state index contributed by atoms with van der Waals surface area (Å²) < 4.78 is 16.1. The lowest BCUT2D eigenvalue weighted by Gasteiger charge is -2.18. The first-order valence-electron chi connectivity index (χ1n) is 8.27. The maximum absolute atomic E-state index is 12.5. The van der Waals surface area contributed by atoms with E-state index >= 15 is 0 Å². The maximum atomic E-state index is 12.5. The standard InChI is InChI=1S/C20H22N2O4/c1-24-14-9-8-13-10-17(22-16(13)11-14)20(23)21-12-19(26-3)15-6-4-5-7-18(15)25-2/h4-11,19,22H,12H2,1-3H3,(H,21,23)/t19-/m1/s1. The van der Waals surface area contributed by atoms with E-state index in [0.29, 0.717) is 12.2 Å². The fourth-order valence-electron chi connectivity index (χ4n) is 2.89. The molecule has 3 rings (SSSR count). The van der Waals surface area contributed by atoms with Crippen molar-refractivity contribution in [2.45, 2.75) is 6.10 Å². The van der Waals surface area contributed by atoms with Crippen molar-refractivity contribution in [2.24, 2.45) is 0 Å². The Morgan fingerprint density at radius 2 is 1.88 bits per heavy atom. The molecule has 1 amide bonds. The molecule has 6 heteroatoms. The molecule has 1 heterocycles. The molecular weight excluding hydrogens is 332 g/mol. The van der Waals surface area contributed by atoms with Gasteiger partial charge in [-0.3, -0.25) is 4.79 Å². The number of benzene rings is 2. The van der Waals surface area contributed by atoms with Gasteiger partial charge in [0.15, 0.2) is 0 Å². The molecule has 0 aliphatic carbocycles. The normalized spacial score (nSPS) is 12.0. The summed E-state index contributed by atoms with van der Waals surface area (Å²) in [6, 6.07) is 15.1. The summed E-state index contributed by atoms with van der Waals surface area (Å²) in [5.41, 5.74) is 2.23. The minimum Gasteiger partial charge on any atom is -0.497 e. The molecule has 0 aliphatic heterocycles. The third-order valence-corrected chi connectivity index (χ3v) is 4.29. The zero-order chi connectivity index (χ0) is 18.5. The van der Waals surface area contributed by atoms with Gasteiger partial charge in [-0.25, -0.2) is 0 Å². The first kappa shape index (κ1) is 17.8. The second kappa shape index (κ2) is 7.93. The van der Waals surface area contributed by atoms with E-state index in [0.717, 1.165) is 28.0 Å². The van der Waals surface area contributed by atoms with E-state index in [9.17, 15) is 4.79 Å². The number of hydrogen-bond acceptors (Lipinski definition) is 4. The van der Waals surface area contributed by atoms with Crippen molar-refractivity contribution in [1.29, 1.82) is 0 Å². The summed E-state index contributed by atoms with van der Waals surface area (Å²) in [7, 11) is 4.84. The second-order valence-electron chi connectivity index (χ2n) is 5.81. The van der Waals surface area contributed by atoms with E-state index in [1.807, 2.05) is 48.5 Å². The number of carbonyl (C=O) groups is 1. The molecule has 1 aromatic heterocycles. The summed E-state index contributed by atoms with van der Waals surface area (Å²) in [6.45, 7) is 0.328. The molecule has 0 saturated heterocycles. The molecular formula is C20H22N2O4. The Labute approximate surface area is 152 Å². The average Bonchev–Trinajstić information content (AvgIpc) is 3.11. The van der Waals surface area contributed by atoms with Gasteiger partial charge in [-0.2, -0.15) is 0 Å². The number of amides is 1. The number of rotatable bonds is 7. The van der Waals surface area contributed by atoms with E-state index in [1.54, 1.807) is 21.3 Å². The molecule has 6 nitrogen and oxygen atoms in total. The summed E-state index contributed by atoms with van der Waals surface area (Å²) >= 11 is 0. The molecule has 1 atom stereocenters. The van der Waals surface area contributed by atoms with Gasteiger partial charge in [0.2, 0.25) is 0 Å². The summed E-state index contributed by atoms with van der Waals surface area (Å²) in [6.07, 6.45) is -0.306. The van der Waals surface area contributed by atoms with Gasteiger partial charge in [0, 0.05) is 36.2 Å². The number of fused-ring (bicyclic) bond motifs is 1. The zero-order valence-electron chi connectivity index (χ0n) is 15.0.